The molecule has 2 heterocycles. The molecule has 0 aromatic heterocycles. The minimum absolute atomic E-state index is 0.0141. The fourth-order valence-electron chi connectivity index (χ4n) is 3.99. The van der Waals surface area contributed by atoms with Crippen molar-refractivity contribution in [3.8, 4) is 0 Å². The maximum Gasteiger partial charge on any atom is 0.410 e. The van der Waals surface area contributed by atoms with E-state index in [2.05, 4.69) is 0 Å². The summed E-state index contributed by atoms with van der Waals surface area (Å²) >= 11 is 0. The van der Waals surface area contributed by atoms with Gasteiger partial charge in [0.15, 0.2) is 0 Å². The highest BCUT2D eigenvalue weighted by Gasteiger charge is 2.46. The maximum absolute atomic E-state index is 12.5. The lowest BCUT2D eigenvalue weighted by molar-refractivity contribution is -0.165. The number of piperidine rings is 1. The molecule has 148 valence electrons. The quantitative estimate of drug-likeness (QED) is 0.553. The van der Waals surface area contributed by atoms with Gasteiger partial charge >= 0.3 is 18.0 Å². The predicted molar refractivity (Wildman–Crippen MR) is 96.4 cm³/mol. The molecule has 0 saturated carbocycles. The van der Waals surface area contributed by atoms with E-state index in [4.69, 9.17) is 9.47 Å². The largest absolute Gasteiger partial charge is 0.459 e. The molecule has 2 fully saturated rings. The average molecular weight is 368 g/mol. The Labute approximate surface area is 156 Å². The zero-order valence-corrected chi connectivity index (χ0v) is 16.8. The van der Waals surface area contributed by atoms with Crippen LogP contribution in [-0.4, -0.2) is 65.2 Å². The molecule has 2 aliphatic heterocycles. The first-order valence-corrected chi connectivity index (χ1v) is 9.52. The Hall–Kier alpha value is -1.79. The lowest BCUT2D eigenvalue weighted by Crippen LogP contribution is -2.61. The van der Waals surface area contributed by atoms with Crippen molar-refractivity contribution in [3.05, 3.63) is 0 Å². The third-order valence-corrected chi connectivity index (χ3v) is 5.30. The minimum Gasteiger partial charge on any atom is -0.459 e. The van der Waals surface area contributed by atoms with Gasteiger partial charge in [0.2, 0.25) is 0 Å². The number of hydrogen-bond acceptors (Lipinski definition) is 5. The van der Waals surface area contributed by atoms with Gasteiger partial charge in [-0.15, -0.1) is 0 Å². The van der Waals surface area contributed by atoms with Gasteiger partial charge in [-0.3, -0.25) is 4.79 Å². The summed E-state index contributed by atoms with van der Waals surface area (Å²) in [5.74, 6) is -0.749. The third-order valence-electron chi connectivity index (χ3n) is 5.30. The van der Waals surface area contributed by atoms with E-state index in [1.165, 1.54) is 0 Å². The van der Waals surface area contributed by atoms with Crippen LogP contribution in [0.5, 0.6) is 0 Å². The third kappa shape index (κ3) is 4.48. The maximum atomic E-state index is 12.5. The summed E-state index contributed by atoms with van der Waals surface area (Å²) in [6, 6.07) is -0.0402. The Morgan fingerprint density at radius 2 is 1.69 bits per heavy atom. The highest BCUT2D eigenvalue weighted by atomic mass is 16.6. The topological polar surface area (TPSA) is 76.2 Å². The summed E-state index contributed by atoms with van der Waals surface area (Å²) in [5, 5.41) is 0. The van der Waals surface area contributed by atoms with Crippen molar-refractivity contribution in [1.82, 2.24) is 9.80 Å². The lowest BCUT2D eigenvalue weighted by atomic mass is 9.74. The van der Waals surface area contributed by atoms with Crippen molar-refractivity contribution in [2.75, 3.05) is 19.7 Å². The zero-order valence-electron chi connectivity index (χ0n) is 16.8. The highest BCUT2D eigenvalue weighted by Crippen LogP contribution is 2.37. The SMILES string of the molecule is CCOC(=O)C(=O)N1C(C)CCC(C2CN(C(=O)OC(C)(C)C)C2)C1C. The molecule has 3 atom stereocenters. The molecule has 7 heteroatoms. The minimum atomic E-state index is -0.782. The number of likely N-dealkylation sites (tertiary alicyclic amines) is 2. The van der Waals surface area contributed by atoms with Crippen LogP contribution in [0.25, 0.3) is 0 Å². The molecule has 2 aliphatic rings. The van der Waals surface area contributed by atoms with E-state index in [1.54, 1.807) is 16.7 Å². The van der Waals surface area contributed by atoms with E-state index in [0.29, 0.717) is 19.0 Å². The van der Waals surface area contributed by atoms with E-state index >= 15 is 0 Å². The smallest absolute Gasteiger partial charge is 0.410 e. The molecule has 0 bridgehead atoms. The van der Waals surface area contributed by atoms with Crippen molar-refractivity contribution >= 4 is 18.0 Å². The first kappa shape index (κ1) is 20.5. The highest BCUT2D eigenvalue weighted by molar-refractivity contribution is 6.32. The van der Waals surface area contributed by atoms with Crippen LogP contribution in [0, 0.1) is 11.8 Å². The van der Waals surface area contributed by atoms with Crippen molar-refractivity contribution in [1.29, 1.82) is 0 Å². The first-order valence-electron chi connectivity index (χ1n) is 9.52. The van der Waals surface area contributed by atoms with Gasteiger partial charge in [0.05, 0.1) is 6.61 Å². The van der Waals surface area contributed by atoms with Crippen LogP contribution in [0.3, 0.4) is 0 Å². The second-order valence-corrected chi connectivity index (χ2v) is 8.41. The van der Waals surface area contributed by atoms with Crippen LogP contribution >= 0.6 is 0 Å². The van der Waals surface area contributed by atoms with Crippen molar-refractivity contribution in [3.63, 3.8) is 0 Å². The molecular weight excluding hydrogens is 336 g/mol. The normalized spacial score (nSPS) is 26.9. The van der Waals surface area contributed by atoms with E-state index < -0.39 is 17.5 Å². The number of nitrogens with zero attached hydrogens (tertiary/aromatic N) is 2. The predicted octanol–water partition coefficient (Wildman–Crippen LogP) is 2.43. The zero-order chi connectivity index (χ0) is 19.6. The summed E-state index contributed by atoms with van der Waals surface area (Å²) in [4.78, 5) is 39.9. The van der Waals surface area contributed by atoms with Gasteiger partial charge in [-0.2, -0.15) is 0 Å². The van der Waals surface area contributed by atoms with Gasteiger partial charge in [0, 0.05) is 25.2 Å². The molecular formula is C19H32N2O5. The van der Waals surface area contributed by atoms with Crippen LogP contribution in [0.4, 0.5) is 4.79 Å². The Balaban J connectivity index is 1.96. The van der Waals surface area contributed by atoms with Gasteiger partial charge in [-0.25, -0.2) is 9.59 Å². The van der Waals surface area contributed by atoms with Crippen molar-refractivity contribution < 1.29 is 23.9 Å². The molecule has 26 heavy (non-hydrogen) atoms. The summed E-state index contributed by atoms with van der Waals surface area (Å²) in [6.07, 6.45) is 1.55. The van der Waals surface area contributed by atoms with Gasteiger partial charge in [-0.05, 0) is 66.2 Å². The summed E-state index contributed by atoms with van der Waals surface area (Å²) in [5.41, 5.74) is -0.501. The summed E-state index contributed by atoms with van der Waals surface area (Å²) in [7, 11) is 0. The van der Waals surface area contributed by atoms with E-state index in [1.807, 2.05) is 34.6 Å². The van der Waals surface area contributed by atoms with Crippen LogP contribution in [-0.2, 0) is 19.1 Å². The molecule has 0 spiro atoms. The molecule has 0 radical (unpaired) electrons. The molecule has 0 N–H and O–H groups in total. The summed E-state index contributed by atoms with van der Waals surface area (Å²) < 4.78 is 10.3. The standard InChI is InChI=1S/C19H32N2O5/c1-7-25-17(23)16(22)21-12(2)8-9-15(13(21)3)14-10-20(11-14)18(24)26-19(4,5)6/h12-15H,7-11H2,1-6H3. The van der Waals surface area contributed by atoms with E-state index in [0.717, 1.165) is 12.8 Å². The second-order valence-electron chi connectivity index (χ2n) is 8.41. The number of amides is 2. The fourth-order valence-corrected chi connectivity index (χ4v) is 3.99. The monoisotopic (exact) mass is 368 g/mol. The Morgan fingerprint density at radius 3 is 2.23 bits per heavy atom. The second kappa shape index (κ2) is 7.84. The molecule has 0 aromatic rings. The molecule has 0 aliphatic carbocycles. The molecule has 0 aromatic carbocycles. The van der Waals surface area contributed by atoms with Crippen molar-refractivity contribution in [2.24, 2.45) is 11.8 Å². The molecule has 7 nitrogen and oxygen atoms in total. The number of carbonyl (C=O) groups is 3. The van der Waals surface area contributed by atoms with E-state index in [-0.39, 0.29) is 30.7 Å². The van der Waals surface area contributed by atoms with Gasteiger partial charge in [0.25, 0.3) is 0 Å². The van der Waals surface area contributed by atoms with E-state index in [9.17, 15) is 14.4 Å². The summed E-state index contributed by atoms with van der Waals surface area (Å²) in [6.45, 7) is 12.7. The van der Waals surface area contributed by atoms with Crippen LogP contribution in [0.15, 0.2) is 0 Å². The van der Waals surface area contributed by atoms with Gasteiger partial charge < -0.3 is 19.3 Å². The van der Waals surface area contributed by atoms with Gasteiger partial charge in [-0.1, -0.05) is 0 Å². The fraction of sp³-hybridized carbons (Fsp3) is 0.842. The number of hydrogen-bond donors (Lipinski definition) is 0. The lowest BCUT2D eigenvalue weighted by Gasteiger charge is -2.51. The number of esters is 1. The molecule has 2 amide bonds. The Morgan fingerprint density at radius 1 is 1.08 bits per heavy atom. The van der Waals surface area contributed by atoms with Crippen LogP contribution in [0.1, 0.15) is 54.4 Å². The molecule has 2 rings (SSSR count). The molecule has 3 unspecified atom stereocenters. The van der Waals surface area contributed by atoms with Gasteiger partial charge in [0.1, 0.15) is 5.60 Å². The molecule has 2 saturated heterocycles. The Kier molecular flexibility index (Phi) is 6.19. The van der Waals surface area contributed by atoms with Crippen LogP contribution in [0.2, 0.25) is 0 Å². The number of ether oxygens (including phenoxy) is 2. The Bertz CT molecular complexity index is 551. The average Bonchev–Trinajstić information content (AvgIpc) is 2.46. The van der Waals surface area contributed by atoms with Crippen LogP contribution < -0.4 is 0 Å². The number of carbonyl (C=O) groups excluding carboxylic acids is 3. The number of rotatable bonds is 2. The van der Waals surface area contributed by atoms with Crippen molar-refractivity contribution in [2.45, 2.75) is 72.1 Å². The first-order chi connectivity index (χ1) is 12.0.